The summed E-state index contributed by atoms with van der Waals surface area (Å²) in [6.07, 6.45) is 0. The second-order valence-corrected chi connectivity index (χ2v) is 4.85. The van der Waals surface area contributed by atoms with Crippen LogP contribution in [0, 0.1) is 5.82 Å². The zero-order valence-corrected chi connectivity index (χ0v) is 11.1. The Hall–Kier alpha value is -1.35. The summed E-state index contributed by atoms with van der Waals surface area (Å²) in [4.78, 5) is 1.90. The lowest BCUT2D eigenvalue weighted by molar-refractivity contribution is 0.622. The van der Waals surface area contributed by atoms with Gasteiger partial charge in [0.1, 0.15) is 5.82 Å². The van der Waals surface area contributed by atoms with Crippen molar-refractivity contribution in [2.45, 2.75) is 6.54 Å². The lowest BCUT2D eigenvalue weighted by Gasteiger charge is -2.20. The highest BCUT2D eigenvalue weighted by Gasteiger charge is 2.08. The number of rotatable bonds is 3. The molecule has 0 aliphatic heterocycles. The number of hydrogen-bond donors (Lipinski definition) is 0. The summed E-state index contributed by atoms with van der Waals surface area (Å²) in [5, 5.41) is 0. The molecule has 1 nitrogen and oxygen atoms in total. The van der Waals surface area contributed by atoms with Crippen molar-refractivity contribution in [1.82, 2.24) is 0 Å². The van der Waals surface area contributed by atoms with Gasteiger partial charge in [-0.1, -0.05) is 46.3 Å². The van der Waals surface area contributed by atoms with Crippen molar-refractivity contribution in [3.63, 3.8) is 0 Å². The van der Waals surface area contributed by atoms with Crippen molar-refractivity contribution < 1.29 is 4.39 Å². The lowest BCUT2D eigenvalue weighted by Crippen LogP contribution is -2.17. The van der Waals surface area contributed by atoms with E-state index in [1.54, 1.807) is 12.1 Å². The standard InChI is InChI=1S/C14H13BrFN/c1-17(10-11-5-3-2-4-6-11)14-9-12(15)7-8-13(14)16/h2-9H,10H2,1H3. The summed E-state index contributed by atoms with van der Waals surface area (Å²) >= 11 is 3.36. The van der Waals surface area contributed by atoms with E-state index in [1.165, 1.54) is 6.07 Å². The second kappa shape index (κ2) is 5.32. The largest absolute Gasteiger partial charge is 0.368 e. The van der Waals surface area contributed by atoms with Gasteiger partial charge >= 0.3 is 0 Å². The Balaban J connectivity index is 2.20. The van der Waals surface area contributed by atoms with Gasteiger partial charge < -0.3 is 4.90 Å². The minimum absolute atomic E-state index is 0.202. The van der Waals surface area contributed by atoms with Crippen LogP contribution >= 0.6 is 15.9 Å². The molecular formula is C14H13BrFN. The minimum Gasteiger partial charge on any atom is -0.368 e. The highest BCUT2D eigenvalue weighted by atomic mass is 79.9. The highest BCUT2D eigenvalue weighted by molar-refractivity contribution is 9.10. The zero-order chi connectivity index (χ0) is 12.3. The molecule has 0 aromatic heterocycles. The number of nitrogens with zero attached hydrogens (tertiary/aromatic N) is 1. The van der Waals surface area contributed by atoms with Crippen molar-refractivity contribution in [2.75, 3.05) is 11.9 Å². The molecule has 2 aromatic rings. The van der Waals surface area contributed by atoms with Crippen LogP contribution in [0.4, 0.5) is 10.1 Å². The molecule has 0 fully saturated rings. The predicted octanol–water partition coefficient (Wildman–Crippen LogP) is 4.22. The average molecular weight is 294 g/mol. The SMILES string of the molecule is CN(Cc1ccccc1)c1cc(Br)ccc1F. The van der Waals surface area contributed by atoms with Gasteiger partial charge in [-0.2, -0.15) is 0 Å². The van der Waals surface area contributed by atoms with E-state index in [1.807, 2.05) is 42.3 Å². The van der Waals surface area contributed by atoms with Gasteiger partial charge in [-0.25, -0.2) is 4.39 Å². The quantitative estimate of drug-likeness (QED) is 0.819. The van der Waals surface area contributed by atoms with Crippen LogP contribution < -0.4 is 4.90 Å². The van der Waals surface area contributed by atoms with Crippen LogP contribution in [-0.2, 0) is 6.54 Å². The van der Waals surface area contributed by atoms with E-state index < -0.39 is 0 Å². The molecule has 0 radical (unpaired) electrons. The fraction of sp³-hybridized carbons (Fsp3) is 0.143. The summed E-state index contributed by atoms with van der Waals surface area (Å²) in [5.41, 5.74) is 1.76. The predicted molar refractivity (Wildman–Crippen MR) is 72.6 cm³/mol. The number of hydrogen-bond acceptors (Lipinski definition) is 1. The Bertz CT molecular complexity index is 499. The molecule has 2 aromatic carbocycles. The molecule has 0 bridgehead atoms. The third-order valence-electron chi connectivity index (χ3n) is 2.58. The molecule has 0 N–H and O–H groups in total. The normalized spacial score (nSPS) is 10.3. The fourth-order valence-electron chi connectivity index (χ4n) is 1.72. The molecule has 0 unspecified atom stereocenters. The van der Waals surface area contributed by atoms with Crippen LogP contribution in [0.25, 0.3) is 0 Å². The molecule has 0 saturated heterocycles. The van der Waals surface area contributed by atoms with E-state index in [4.69, 9.17) is 0 Å². The first-order valence-electron chi connectivity index (χ1n) is 5.37. The molecule has 0 aliphatic rings. The Morgan fingerprint density at radius 1 is 1.12 bits per heavy atom. The summed E-state index contributed by atoms with van der Waals surface area (Å²) < 4.78 is 14.5. The first kappa shape index (κ1) is 12.1. The van der Waals surface area contributed by atoms with E-state index in [-0.39, 0.29) is 5.82 Å². The summed E-state index contributed by atoms with van der Waals surface area (Å²) in [5.74, 6) is -0.202. The maximum absolute atomic E-state index is 13.7. The van der Waals surface area contributed by atoms with Crippen molar-refractivity contribution in [2.24, 2.45) is 0 Å². The van der Waals surface area contributed by atoms with E-state index in [0.717, 1.165) is 10.0 Å². The van der Waals surface area contributed by atoms with Gasteiger partial charge in [-0.3, -0.25) is 0 Å². The van der Waals surface area contributed by atoms with Crippen LogP contribution in [0.3, 0.4) is 0 Å². The van der Waals surface area contributed by atoms with Gasteiger partial charge in [-0.15, -0.1) is 0 Å². The molecule has 0 heterocycles. The van der Waals surface area contributed by atoms with Crippen molar-refractivity contribution in [1.29, 1.82) is 0 Å². The smallest absolute Gasteiger partial charge is 0.146 e. The number of anilines is 1. The van der Waals surface area contributed by atoms with Gasteiger partial charge in [-0.05, 0) is 23.8 Å². The molecule has 0 spiro atoms. The van der Waals surface area contributed by atoms with Crippen molar-refractivity contribution in [3.8, 4) is 0 Å². The maximum Gasteiger partial charge on any atom is 0.146 e. The van der Waals surface area contributed by atoms with Crippen LogP contribution in [0.15, 0.2) is 53.0 Å². The van der Waals surface area contributed by atoms with Crippen LogP contribution in [0.5, 0.6) is 0 Å². The van der Waals surface area contributed by atoms with Gasteiger partial charge in [0.25, 0.3) is 0 Å². The number of benzene rings is 2. The topological polar surface area (TPSA) is 3.24 Å². The van der Waals surface area contributed by atoms with E-state index in [9.17, 15) is 4.39 Å². The lowest BCUT2D eigenvalue weighted by atomic mass is 10.2. The average Bonchev–Trinajstić information content (AvgIpc) is 2.33. The number of halogens is 2. The van der Waals surface area contributed by atoms with Gasteiger partial charge in [0.15, 0.2) is 0 Å². The Labute approximate surface area is 109 Å². The van der Waals surface area contributed by atoms with Gasteiger partial charge in [0, 0.05) is 18.1 Å². The molecule has 2 rings (SSSR count). The van der Waals surface area contributed by atoms with Crippen LogP contribution in [0.1, 0.15) is 5.56 Å². The molecular weight excluding hydrogens is 281 g/mol. The van der Waals surface area contributed by atoms with Crippen molar-refractivity contribution in [3.05, 3.63) is 64.4 Å². The molecule has 17 heavy (non-hydrogen) atoms. The molecule has 0 aliphatic carbocycles. The first-order valence-corrected chi connectivity index (χ1v) is 6.16. The summed E-state index contributed by atoms with van der Waals surface area (Å²) in [6, 6.07) is 15.0. The third-order valence-corrected chi connectivity index (χ3v) is 3.08. The third kappa shape index (κ3) is 3.07. The van der Waals surface area contributed by atoms with Crippen LogP contribution in [-0.4, -0.2) is 7.05 Å². The van der Waals surface area contributed by atoms with E-state index in [2.05, 4.69) is 15.9 Å². The molecule has 0 amide bonds. The maximum atomic E-state index is 13.7. The summed E-state index contributed by atoms with van der Waals surface area (Å²) in [7, 11) is 1.89. The second-order valence-electron chi connectivity index (χ2n) is 3.94. The van der Waals surface area contributed by atoms with Crippen molar-refractivity contribution >= 4 is 21.6 Å². The van der Waals surface area contributed by atoms with E-state index in [0.29, 0.717) is 12.2 Å². The van der Waals surface area contributed by atoms with Gasteiger partial charge in [0.05, 0.1) is 5.69 Å². The van der Waals surface area contributed by atoms with Gasteiger partial charge in [0.2, 0.25) is 0 Å². The van der Waals surface area contributed by atoms with Crippen LogP contribution in [0.2, 0.25) is 0 Å². The minimum atomic E-state index is -0.202. The first-order chi connectivity index (χ1) is 8.16. The molecule has 0 saturated carbocycles. The Morgan fingerprint density at radius 3 is 2.53 bits per heavy atom. The zero-order valence-electron chi connectivity index (χ0n) is 9.53. The summed E-state index contributed by atoms with van der Waals surface area (Å²) in [6.45, 7) is 0.689. The Kier molecular flexibility index (Phi) is 3.79. The van der Waals surface area contributed by atoms with E-state index >= 15 is 0 Å². The highest BCUT2D eigenvalue weighted by Crippen LogP contribution is 2.24. The molecule has 0 atom stereocenters. The monoisotopic (exact) mass is 293 g/mol. The molecule has 88 valence electrons. The fourth-order valence-corrected chi connectivity index (χ4v) is 2.07. The molecule has 3 heteroatoms. The Morgan fingerprint density at radius 2 is 1.82 bits per heavy atom.